The van der Waals surface area contributed by atoms with E-state index in [9.17, 15) is 9.18 Å². The maximum Gasteiger partial charge on any atom is 0.224 e. The van der Waals surface area contributed by atoms with E-state index in [4.69, 9.17) is 0 Å². The first-order valence-corrected chi connectivity index (χ1v) is 6.35. The van der Waals surface area contributed by atoms with Crippen LogP contribution in [-0.2, 0) is 11.3 Å². The number of carbonyl (C=O) groups excluding carboxylic acids is 1. The largest absolute Gasteiger partial charge is 0.349 e. The zero-order valence-electron chi connectivity index (χ0n) is 11.2. The zero-order valence-corrected chi connectivity index (χ0v) is 12.8. The number of halogens is 3. The maximum atomic E-state index is 13.0. The highest BCUT2D eigenvalue weighted by molar-refractivity contribution is 5.85. The Hall–Kier alpha value is -1.37. The molecule has 21 heavy (non-hydrogen) atoms. The van der Waals surface area contributed by atoms with Crippen LogP contribution in [0, 0.1) is 11.7 Å². The molecule has 3 N–H and O–H groups in total. The van der Waals surface area contributed by atoms with Crippen LogP contribution >= 0.6 is 24.8 Å². The van der Waals surface area contributed by atoms with Gasteiger partial charge in [-0.1, -0.05) is 0 Å². The van der Waals surface area contributed by atoms with Crippen LogP contribution in [0.4, 0.5) is 4.39 Å². The summed E-state index contributed by atoms with van der Waals surface area (Å²) < 4.78 is 13.0. The lowest BCUT2D eigenvalue weighted by Crippen LogP contribution is -2.31. The van der Waals surface area contributed by atoms with Gasteiger partial charge in [0.15, 0.2) is 0 Å². The molecule has 1 aliphatic heterocycles. The Morgan fingerprint density at radius 3 is 2.95 bits per heavy atom. The van der Waals surface area contributed by atoms with Crippen LogP contribution in [0.5, 0.6) is 0 Å². The highest BCUT2D eigenvalue weighted by Gasteiger charge is 2.22. The predicted molar refractivity (Wildman–Crippen MR) is 83.4 cm³/mol. The summed E-state index contributed by atoms with van der Waals surface area (Å²) in [6.45, 7) is 1.96. The molecule has 1 fully saturated rings. The number of benzene rings is 1. The summed E-state index contributed by atoms with van der Waals surface area (Å²) in [5, 5.41) is 6.00. The Bertz CT molecular complexity index is 613. The van der Waals surface area contributed by atoms with Crippen molar-refractivity contribution in [2.45, 2.75) is 13.0 Å². The van der Waals surface area contributed by atoms with Crippen LogP contribution in [0.1, 0.15) is 12.2 Å². The van der Waals surface area contributed by atoms with Crippen LogP contribution in [0.2, 0.25) is 0 Å². The lowest BCUT2D eigenvalue weighted by atomic mass is 10.1. The normalized spacial score (nSPS) is 17.1. The van der Waals surface area contributed by atoms with Gasteiger partial charge in [0.25, 0.3) is 0 Å². The molecule has 1 aromatic carbocycles. The van der Waals surface area contributed by atoms with Gasteiger partial charge in [0.2, 0.25) is 5.91 Å². The van der Waals surface area contributed by atoms with Crippen LogP contribution in [0.3, 0.4) is 0 Å². The Kier molecular flexibility index (Phi) is 6.39. The molecule has 0 saturated carbocycles. The van der Waals surface area contributed by atoms with Gasteiger partial charge in [0.1, 0.15) is 11.6 Å². The molecule has 116 valence electrons. The second kappa shape index (κ2) is 7.59. The van der Waals surface area contributed by atoms with Crippen molar-refractivity contribution >= 4 is 41.8 Å². The molecule has 0 spiro atoms. The fourth-order valence-corrected chi connectivity index (χ4v) is 2.31. The summed E-state index contributed by atoms with van der Waals surface area (Å²) in [5.41, 5.74) is 1.35. The van der Waals surface area contributed by atoms with Gasteiger partial charge in [-0.15, -0.1) is 24.8 Å². The molecule has 8 heteroatoms. The molecule has 1 saturated heterocycles. The van der Waals surface area contributed by atoms with Crippen molar-refractivity contribution in [1.29, 1.82) is 0 Å². The molecule has 1 atom stereocenters. The van der Waals surface area contributed by atoms with E-state index in [0.29, 0.717) is 23.4 Å². The van der Waals surface area contributed by atoms with Crippen molar-refractivity contribution in [2.24, 2.45) is 5.92 Å². The van der Waals surface area contributed by atoms with Gasteiger partial charge in [-0.05, 0) is 31.2 Å². The maximum absolute atomic E-state index is 13.0. The molecule has 0 radical (unpaired) electrons. The summed E-state index contributed by atoms with van der Waals surface area (Å²) in [4.78, 5) is 19.1. The van der Waals surface area contributed by atoms with Crippen LogP contribution in [0.25, 0.3) is 11.0 Å². The molecule has 1 aliphatic rings. The van der Waals surface area contributed by atoms with Crippen molar-refractivity contribution in [1.82, 2.24) is 20.6 Å². The van der Waals surface area contributed by atoms with Gasteiger partial charge in [-0.2, -0.15) is 0 Å². The van der Waals surface area contributed by atoms with Crippen molar-refractivity contribution in [2.75, 3.05) is 13.1 Å². The number of hydrogen-bond acceptors (Lipinski definition) is 3. The third kappa shape index (κ3) is 4.06. The summed E-state index contributed by atoms with van der Waals surface area (Å²) in [5.74, 6) is 0.419. The van der Waals surface area contributed by atoms with Gasteiger partial charge in [0.05, 0.1) is 23.5 Å². The third-order valence-electron chi connectivity index (χ3n) is 3.35. The number of carbonyl (C=O) groups is 1. The molecular weight excluding hydrogens is 318 g/mol. The minimum absolute atomic E-state index is 0. The van der Waals surface area contributed by atoms with E-state index in [-0.39, 0.29) is 42.5 Å². The SMILES string of the molecule is Cl.Cl.O=C(NCc1nc2ccc(F)cc2[nH]1)C1CCNC1. The third-order valence-corrected chi connectivity index (χ3v) is 3.35. The summed E-state index contributed by atoms with van der Waals surface area (Å²) >= 11 is 0. The number of nitrogens with one attached hydrogen (secondary N) is 3. The topological polar surface area (TPSA) is 69.8 Å². The predicted octanol–water partition coefficient (Wildman–Crippen LogP) is 1.77. The quantitative estimate of drug-likeness (QED) is 0.801. The molecule has 1 aromatic heterocycles. The minimum atomic E-state index is -0.302. The van der Waals surface area contributed by atoms with Crippen LogP contribution in [-0.4, -0.2) is 29.0 Å². The summed E-state index contributed by atoms with van der Waals surface area (Å²) in [6.07, 6.45) is 0.872. The highest BCUT2D eigenvalue weighted by atomic mass is 35.5. The lowest BCUT2D eigenvalue weighted by molar-refractivity contribution is -0.124. The first kappa shape index (κ1) is 17.7. The van der Waals surface area contributed by atoms with E-state index in [1.165, 1.54) is 12.1 Å². The van der Waals surface area contributed by atoms with E-state index >= 15 is 0 Å². The van der Waals surface area contributed by atoms with Crippen molar-refractivity contribution < 1.29 is 9.18 Å². The standard InChI is InChI=1S/C13H15FN4O.2ClH/c14-9-1-2-10-11(5-9)18-12(17-10)7-16-13(19)8-3-4-15-6-8;;/h1-2,5,8,15H,3-4,6-7H2,(H,16,19)(H,17,18);2*1H. The number of hydrogen-bond donors (Lipinski definition) is 3. The molecular formula is C13H17Cl2FN4O. The molecule has 2 aromatic rings. The Morgan fingerprint density at radius 2 is 2.24 bits per heavy atom. The van der Waals surface area contributed by atoms with E-state index in [1.54, 1.807) is 6.07 Å². The average Bonchev–Trinajstić information content (AvgIpc) is 3.04. The smallest absolute Gasteiger partial charge is 0.224 e. The number of nitrogens with zero attached hydrogens (tertiary/aromatic N) is 1. The molecule has 5 nitrogen and oxygen atoms in total. The number of imidazole rings is 1. The van der Waals surface area contributed by atoms with Crippen LogP contribution in [0.15, 0.2) is 18.2 Å². The summed E-state index contributed by atoms with van der Waals surface area (Å²) in [7, 11) is 0. The first-order chi connectivity index (χ1) is 9.22. The van der Waals surface area contributed by atoms with Crippen molar-refractivity contribution in [3.05, 3.63) is 29.8 Å². The molecule has 2 heterocycles. The average molecular weight is 335 g/mol. The molecule has 0 aliphatic carbocycles. The summed E-state index contributed by atoms with van der Waals surface area (Å²) in [6, 6.07) is 4.39. The number of aromatic amines is 1. The molecule has 1 unspecified atom stereocenters. The number of H-pyrrole nitrogens is 1. The Morgan fingerprint density at radius 1 is 1.43 bits per heavy atom. The van der Waals surface area contributed by atoms with Gasteiger partial charge >= 0.3 is 0 Å². The van der Waals surface area contributed by atoms with E-state index < -0.39 is 0 Å². The monoisotopic (exact) mass is 334 g/mol. The van der Waals surface area contributed by atoms with Crippen molar-refractivity contribution in [3.8, 4) is 0 Å². The van der Waals surface area contributed by atoms with E-state index in [0.717, 1.165) is 19.5 Å². The zero-order chi connectivity index (χ0) is 13.2. The molecule has 3 rings (SSSR count). The number of rotatable bonds is 3. The minimum Gasteiger partial charge on any atom is -0.349 e. The highest BCUT2D eigenvalue weighted by Crippen LogP contribution is 2.13. The fraction of sp³-hybridized carbons (Fsp3) is 0.385. The molecule has 0 bridgehead atoms. The van der Waals surface area contributed by atoms with Gasteiger partial charge < -0.3 is 15.6 Å². The number of aromatic nitrogens is 2. The lowest BCUT2D eigenvalue weighted by Gasteiger charge is -2.08. The second-order valence-corrected chi connectivity index (χ2v) is 4.75. The van der Waals surface area contributed by atoms with Gasteiger partial charge in [-0.25, -0.2) is 9.37 Å². The van der Waals surface area contributed by atoms with E-state index in [2.05, 4.69) is 20.6 Å². The van der Waals surface area contributed by atoms with Gasteiger partial charge in [0, 0.05) is 6.54 Å². The van der Waals surface area contributed by atoms with Crippen LogP contribution < -0.4 is 10.6 Å². The van der Waals surface area contributed by atoms with E-state index in [1.807, 2.05) is 0 Å². The first-order valence-electron chi connectivity index (χ1n) is 6.35. The van der Waals surface area contributed by atoms with Gasteiger partial charge in [-0.3, -0.25) is 4.79 Å². The number of fused-ring (bicyclic) bond motifs is 1. The Labute approximate surface area is 133 Å². The number of amides is 1. The Balaban J connectivity index is 0.00000110. The fourth-order valence-electron chi connectivity index (χ4n) is 2.31. The molecule has 1 amide bonds. The second-order valence-electron chi connectivity index (χ2n) is 4.75. The van der Waals surface area contributed by atoms with Crippen molar-refractivity contribution in [3.63, 3.8) is 0 Å².